The van der Waals surface area contributed by atoms with Gasteiger partial charge in [-0.15, -0.1) is 0 Å². The number of amides is 1. The first-order valence-corrected chi connectivity index (χ1v) is 13.3. The Balaban J connectivity index is 1.53. The zero-order chi connectivity index (χ0) is 25.8. The van der Waals surface area contributed by atoms with Crippen LogP contribution >= 0.6 is 0 Å². The van der Waals surface area contributed by atoms with Gasteiger partial charge in [0.15, 0.2) is 0 Å². The number of nitrogens with zero attached hydrogens (tertiary/aromatic N) is 3. The molecule has 2 aromatic heterocycles. The van der Waals surface area contributed by atoms with Crippen LogP contribution in [0.1, 0.15) is 45.2 Å². The zero-order valence-corrected chi connectivity index (χ0v) is 21.9. The lowest BCUT2D eigenvalue weighted by molar-refractivity contribution is -0.134. The minimum Gasteiger partial charge on any atom is -0.497 e. The van der Waals surface area contributed by atoms with E-state index in [2.05, 4.69) is 40.6 Å². The van der Waals surface area contributed by atoms with Gasteiger partial charge >= 0.3 is 0 Å². The number of imidazole rings is 1. The number of benzene rings is 2. The van der Waals surface area contributed by atoms with Crippen molar-refractivity contribution in [3.63, 3.8) is 0 Å². The standard InChI is InChI=1S/C31H35N3O3/c1-4-37-27-10-7-9-24(20-27)25-13-17-29-32-31(23-11-14-26(36-3)15-12-23)28(34(29)21-25)16-18-30(35)33-19-6-5-8-22(33)2/h7,9-15,17,20-22H,4-6,8,16,18-19H2,1-3H3/t22-/m0/s1. The first-order chi connectivity index (χ1) is 18.1. The number of fused-ring (bicyclic) bond motifs is 1. The van der Waals surface area contributed by atoms with E-state index in [-0.39, 0.29) is 5.91 Å². The number of methoxy groups -OCH3 is 1. The smallest absolute Gasteiger partial charge is 0.223 e. The summed E-state index contributed by atoms with van der Waals surface area (Å²) in [6, 6.07) is 20.6. The van der Waals surface area contributed by atoms with Crippen molar-refractivity contribution in [1.29, 1.82) is 0 Å². The molecule has 1 atom stereocenters. The molecule has 0 bridgehead atoms. The third-order valence-electron chi connectivity index (χ3n) is 7.26. The molecular formula is C31H35N3O3. The lowest BCUT2D eigenvalue weighted by Crippen LogP contribution is -2.42. The molecule has 192 valence electrons. The van der Waals surface area contributed by atoms with E-state index >= 15 is 0 Å². The van der Waals surface area contributed by atoms with Crippen LogP contribution in [0, 0.1) is 0 Å². The lowest BCUT2D eigenvalue weighted by atomic mass is 10.0. The van der Waals surface area contributed by atoms with Gasteiger partial charge in [-0.25, -0.2) is 4.98 Å². The molecular weight excluding hydrogens is 462 g/mol. The van der Waals surface area contributed by atoms with Gasteiger partial charge in [0.25, 0.3) is 0 Å². The number of rotatable bonds is 8. The zero-order valence-electron chi connectivity index (χ0n) is 21.9. The number of pyridine rings is 1. The number of ether oxygens (including phenoxy) is 2. The predicted molar refractivity (Wildman–Crippen MR) is 147 cm³/mol. The number of aryl methyl sites for hydroxylation is 1. The van der Waals surface area contributed by atoms with E-state index < -0.39 is 0 Å². The summed E-state index contributed by atoms with van der Waals surface area (Å²) in [7, 11) is 1.67. The van der Waals surface area contributed by atoms with Crippen LogP contribution in [0.2, 0.25) is 0 Å². The summed E-state index contributed by atoms with van der Waals surface area (Å²) in [5.41, 5.74) is 5.98. The van der Waals surface area contributed by atoms with Crippen LogP contribution in [0.25, 0.3) is 28.0 Å². The average Bonchev–Trinajstić information content (AvgIpc) is 3.30. The fourth-order valence-corrected chi connectivity index (χ4v) is 5.25. The van der Waals surface area contributed by atoms with Gasteiger partial charge in [0, 0.05) is 30.8 Å². The van der Waals surface area contributed by atoms with E-state index in [4.69, 9.17) is 14.5 Å². The first kappa shape index (κ1) is 24.9. The Morgan fingerprint density at radius 3 is 2.57 bits per heavy atom. The topological polar surface area (TPSA) is 56.1 Å². The number of piperidine rings is 1. The second kappa shape index (κ2) is 11.1. The molecule has 6 nitrogen and oxygen atoms in total. The summed E-state index contributed by atoms with van der Waals surface area (Å²) >= 11 is 0. The molecule has 5 rings (SSSR count). The Bertz CT molecular complexity index is 1380. The van der Waals surface area contributed by atoms with Gasteiger partial charge in [-0.2, -0.15) is 0 Å². The van der Waals surface area contributed by atoms with Gasteiger partial charge in [-0.1, -0.05) is 12.1 Å². The van der Waals surface area contributed by atoms with Gasteiger partial charge in [0.1, 0.15) is 17.1 Å². The normalized spacial score (nSPS) is 15.6. The average molecular weight is 498 g/mol. The molecule has 0 N–H and O–H groups in total. The van der Waals surface area contributed by atoms with E-state index in [9.17, 15) is 4.79 Å². The van der Waals surface area contributed by atoms with Crippen molar-refractivity contribution in [1.82, 2.24) is 14.3 Å². The number of hydrogen-bond acceptors (Lipinski definition) is 4. The van der Waals surface area contributed by atoms with Gasteiger partial charge < -0.3 is 18.8 Å². The van der Waals surface area contributed by atoms with Crippen LogP contribution in [0.4, 0.5) is 0 Å². The summed E-state index contributed by atoms with van der Waals surface area (Å²) in [5, 5.41) is 0. The molecule has 0 saturated carbocycles. The van der Waals surface area contributed by atoms with Crippen molar-refractivity contribution in [2.75, 3.05) is 20.3 Å². The van der Waals surface area contributed by atoms with Crippen molar-refractivity contribution in [2.24, 2.45) is 0 Å². The van der Waals surface area contributed by atoms with Gasteiger partial charge in [0.2, 0.25) is 5.91 Å². The lowest BCUT2D eigenvalue weighted by Gasteiger charge is -2.33. The highest BCUT2D eigenvalue weighted by Gasteiger charge is 2.24. The Kier molecular flexibility index (Phi) is 7.45. The van der Waals surface area contributed by atoms with Gasteiger partial charge in [-0.3, -0.25) is 4.79 Å². The number of likely N-dealkylation sites (tertiary alicyclic amines) is 1. The van der Waals surface area contributed by atoms with E-state index in [1.54, 1.807) is 7.11 Å². The van der Waals surface area contributed by atoms with Crippen molar-refractivity contribution < 1.29 is 14.3 Å². The summed E-state index contributed by atoms with van der Waals surface area (Å²) in [4.78, 5) is 20.3. The van der Waals surface area contributed by atoms with Gasteiger partial charge in [0.05, 0.1) is 25.1 Å². The third kappa shape index (κ3) is 5.33. The summed E-state index contributed by atoms with van der Waals surface area (Å²) in [6.07, 6.45) is 6.59. The van der Waals surface area contributed by atoms with E-state index in [1.165, 1.54) is 6.42 Å². The Hall–Kier alpha value is -3.80. The molecule has 2 aromatic carbocycles. The minimum absolute atomic E-state index is 0.225. The molecule has 1 saturated heterocycles. The second-order valence-electron chi connectivity index (χ2n) is 9.67. The SMILES string of the molecule is CCOc1cccc(-c2ccc3nc(-c4ccc(OC)cc4)c(CCC(=O)N4CCCC[C@@H]4C)n3c2)c1. The number of carbonyl (C=O) groups is 1. The van der Waals surface area contributed by atoms with E-state index in [1.807, 2.05) is 49.4 Å². The Morgan fingerprint density at radius 1 is 1.00 bits per heavy atom. The molecule has 3 heterocycles. The van der Waals surface area contributed by atoms with Crippen LogP contribution < -0.4 is 9.47 Å². The minimum atomic E-state index is 0.225. The van der Waals surface area contributed by atoms with Crippen molar-refractivity contribution in [3.8, 4) is 33.9 Å². The fourth-order valence-electron chi connectivity index (χ4n) is 5.25. The first-order valence-electron chi connectivity index (χ1n) is 13.3. The number of aromatic nitrogens is 2. The highest BCUT2D eigenvalue weighted by Crippen LogP contribution is 2.31. The van der Waals surface area contributed by atoms with Crippen molar-refractivity contribution in [3.05, 3.63) is 72.6 Å². The third-order valence-corrected chi connectivity index (χ3v) is 7.26. The maximum Gasteiger partial charge on any atom is 0.223 e. The quantitative estimate of drug-likeness (QED) is 0.282. The van der Waals surface area contributed by atoms with Crippen LogP contribution in [0.5, 0.6) is 11.5 Å². The largest absolute Gasteiger partial charge is 0.497 e. The van der Waals surface area contributed by atoms with Crippen LogP contribution in [-0.2, 0) is 11.2 Å². The highest BCUT2D eigenvalue weighted by atomic mass is 16.5. The molecule has 1 fully saturated rings. The fraction of sp³-hybridized carbons (Fsp3) is 0.355. The van der Waals surface area contributed by atoms with Crippen LogP contribution in [0.3, 0.4) is 0 Å². The summed E-state index contributed by atoms with van der Waals surface area (Å²) in [6.45, 7) is 5.64. The van der Waals surface area contributed by atoms with Crippen LogP contribution in [0.15, 0.2) is 66.9 Å². The summed E-state index contributed by atoms with van der Waals surface area (Å²) in [5.74, 6) is 1.88. The van der Waals surface area contributed by atoms with E-state index in [0.717, 1.165) is 64.6 Å². The molecule has 4 aromatic rings. The van der Waals surface area contributed by atoms with Crippen LogP contribution in [-0.4, -0.2) is 46.5 Å². The molecule has 37 heavy (non-hydrogen) atoms. The molecule has 0 radical (unpaired) electrons. The van der Waals surface area contributed by atoms with Gasteiger partial charge in [-0.05, 0) is 99.2 Å². The molecule has 0 aliphatic carbocycles. The van der Waals surface area contributed by atoms with Crippen molar-refractivity contribution in [2.45, 2.75) is 52.0 Å². The van der Waals surface area contributed by atoms with Crippen molar-refractivity contribution >= 4 is 11.6 Å². The maximum atomic E-state index is 13.2. The highest BCUT2D eigenvalue weighted by molar-refractivity contribution is 5.78. The molecule has 1 aliphatic heterocycles. The van der Waals surface area contributed by atoms with E-state index in [0.29, 0.717) is 25.5 Å². The molecule has 0 spiro atoms. The Morgan fingerprint density at radius 2 is 1.81 bits per heavy atom. The predicted octanol–water partition coefficient (Wildman–Crippen LogP) is 6.41. The maximum absolute atomic E-state index is 13.2. The number of hydrogen-bond donors (Lipinski definition) is 0. The number of carbonyl (C=O) groups excluding carboxylic acids is 1. The molecule has 1 aliphatic rings. The molecule has 1 amide bonds. The summed E-state index contributed by atoms with van der Waals surface area (Å²) < 4.78 is 13.2. The Labute approximate surface area is 218 Å². The monoisotopic (exact) mass is 497 g/mol. The molecule has 0 unspecified atom stereocenters. The second-order valence-corrected chi connectivity index (χ2v) is 9.67. The molecule has 6 heteroatoms.